The van der Waals surface area contributed by atoms with E-state index in [1.807, 2.05) is 45.0 Å². The summed E-state index contributed by atoms with van der Waals surface area (Å²) < 4.78 is 4.16. The maximum atomic E-state index is 12.6. The van der Waals surface area contributed by atoms with Gasteiger partial charge in [0.1, 0.15) is 10.1 Å². The Kier molecular flexibility index (Phi) is 4.46. The largest absolute Gasteiger partial charge is 0.497 e. The zero-order valence-electron chi connectivity index (χ0n) is 12.7. The highest BCUT2D eigenvalue weighted by atomic mass is 35.5. The second kappa shape index (κ2) is 5.69. The van der Waals surface area contributed by atoms with Crippen molar-refractivity contribution in [3.05, 3.63) is 29.8 Å². The number of carbonyl (C=O) groups excluding carboxylic acids is 1. The lowest BCUT2D eigenvalue weighted by Gasteiger charge is -2.21. The highest BCUT2D eigenvalue weighted by Crippen LogP contribution is 2.70. The fraction of sp³-hybridized carbons (Fsp3) is 0.562. The molecule has 1 amide bonds. The summed E-state index contributed by atoms with van der Waals surface area (Å²) in [4.78, 5) is 12.6. The van der Waals surface area contributed by atoms with Gasteiger partial charge in [0.2, 0.25) is 5.91 Å². The van der Waals surface area contributed by atoms with Crippen molar-refractivity contribution in [1.82, 2.24) is 5.32 Å². The van der Waals surface area contributed by atoms with Crippen LogP contribution in [0, 0.1) is 11.3 Å². The third-order valence-corrected chi connectivity index (χ3v) is 6.05. The van der Waals surface area contributed by atoms with E-state index >= 15 is 0 Å². The number of halogens is 2. The third kappa shape index (κ3) is 2.51. The molecule has 2 rings (SSSR count). The zero-order chi connectivity index (χ0) is 15.8. The first kappa shape index (κ1) is 16.4. The first-order valence-corrected chi connectivity index (χ1v) is 7.89. The summed E-state index contributed by atoms with van der Waals surface area (Å²) in [6.45, 7) is 5.81. The summed E-state index contributed by atoms with van der Waals surface area (Å²) >= 11 is 12.5. The van der Waals surface area contributed by atoms with Crippen molar-refractivity contribution in [3.8, 4) is 5.75 Å². The highest BCUT2D eigenvalue weighted by molar-refractivity contribution is 6.53. The number of carbonyl (C=O) groups is 1. The molecule has 0 heterocycles. The van der Waals surface area contributed by atoms with Gasteiger partial charge in [-0.05, 0) is 31.0 Å². The van der Waals surface area contributed by atoms with Gasteiger partial charge in [0.05, 0.1) is 18.6 Å². The van der Waals surface area contributed by atoms with Crippen LogP contribution in [-0.4, -0.2) is 17.4 Å². The smallest absolute Gasteiger partial charge is 0.230 e. The number of alkyl halides is 2. The minimum absolute atomic E-state index is 0.0404. The maximum absolute atomic E-state index is 12.6. The molecule has 3 atom stereocenters. The lowest BCUT2D eigenvalue weighted by Crippen LogP contribution is -2.36. The van der Waals surface area contributed by atoms with Crippen LogP contribution >= 0.6 is 23.2 Å². The topological polar surface area (TPSA) is 38.3 Å². The van der Waals surface area contributed by atoms with Gasteiger partial charge < -0.3 is 10.1 Å². The van der Waals surface area contributed by atoms with E-state index in [2.05, 4.69) is 5.32 Å². The molecule has 116 valence electrons. The van der Waals surface area contributed by atoms with Crippen molar-refractivity contribution in [3.63, 3.8) is 0 Å². The van der Waals surface area contributed by atoms with E-state index in [1.54, 1.807) is 7.11 Å². The van der Waals surface area contributed by atoms with Crippen LogP contribution in [0.15, 0.2) is 24.3 Å². The van der Waals surface area contributed by atoms with Crippen LogP contribution in [0.25, 0.3) is 0 Å². The number of ether oxygens (including phenoxy) is 1. The summed E-state index contributed by atoms with van der Waals surface area (Å²) in [6, 6.07) is 7.52. The third-order valence-electron chi connectivity index (χ3n) is 4.72. The molecule has 1 aromatic rings. The number of nitrogens with one attached hydrogen (secondary N) is 1. The molecule has 0 radical (unpaired) electrons. The maximum Gasteiger partial charge on any atom is 0.230 e. The van der Waals surface area contributed by atoms with E-state index < -0.39 is 9.75 Å². The fourth-order valence-corrected chi connectivity index (χ4v) is 4.02. The Labute approximate surface area is 136 Å². The van der Waals surface area contributed by atoms with Crippen LogP contribution in [0.4, 0.5) is 0 Å². The van der Waals surface area contributed by atoms with Gasteiger partial charge in [-0.25, -0.2) is 0 Å². The Bertz CT molecular complexity index is 530. The second-order valence-corrected chi connectivity index (χ2v) is 7.02. The van der Waals surface area contributed by atoms with Gasteiger partial charge in [-0.15, -0.1) is 23.2 Å². The molecule has 0 aliphatic heterocycles. The minimum Gasteiger partial charge on any atom is -0.497 e. The van der Waals surface area contributed by atoms with E-state index in [9.17, 15) is 4.79 Å². The molecule has 0 bridgehead atoms. The Morgan fingerprint density at radius 1 is 1.38 bits per heavy atom. The normalized spacial score (nSPS) is 27.8. The van der Waals surface area contributed by atoms with Gasteiger partial charge >= 0.3 is 0 Å². The molecule has 1 N–H and O–H groups in total. The number of hydrogen-bond acceptors (Lipinski definition) is 2. The molecule has 1 fully saturated rings. The predicted molar refractivity (Wildman–Crippen MR) is 85.9 cm³/mol. The molecular weight excluding hydrogens is 309 g/mol. The van der Waals surface area contributed by atoms with E-state index in [0.717, 1.165) is 11.3 Å². The first-order valence-electron chi connectivity index (χ1n) is 7.14. The Hall–Kier alpha value is -0.930. The number of amides is 1. The van der Waals surface area contributed by atoms with Crippen LogP contribution in [0.2, 0.25) is 0 Å². The quantitative estimate of drug-likeness (QED) is 0.826. The molecular formula is C16H21Cl2NO2. The fourth-order valence-electron chi connectivity index (χ4n) is 2.99. The SMILES string of the molecule is CCC1(C(=O)N[C@H](C)c2ccc(OC)cc2)C(C)C1(Cl)Cl. The molecule has 1 aromatic carbocycles. The molecule has 5 heteroatoms. The van der Waals surface area contributed by atoms with E-state index in [-0.39, 0.29) is 17.9 Å². The summed E-state index contributed by atoms with van der Waals surface area (Å²) in [7, 11) is 1.63. The highest BCUT2D eigenvalue weighted by Gasteiger charge is 2.76. The Morgan fingerprint density at radius 3 is 2.29 bits per heavy atom. The van der Waals surface area contributed by atoms with Gasteiger partial charge in [0.15, 0.2) is 0 Å². The molecule has 0 aromatic heterocycles. The van der Waals surface area contributed by atoms with Crippen molar-refractivity contribution >= 4 is 29.1 Å². The van der Waals surface area contributed by atoms with Crippen LogP contribution in [0.1, 0.15) is 38.8 Å². The molecule has 2 unspecified atom stereocenters. The average molecular weight is 330 g/mol. The summed E-state index contributed by atoms with van der Waals surface area (Å²) in [5.74, 6) is 0.672. The summed E-state index contributed by atoms with van der Waals surface area (Å²) in [5.41, 5.74) is 0.329. The van der Waals surface area contributed by atoms with Gasteiger partial charge in [-0.2, -0.15) is 0 Å². The first-order chi connectivity index (χ1) is 9.81. The van der Waals surface area contributed by atoms with Gasteiger partial charge in [-0.3, -0.25) is 4.79 Å². The molecule has 21 heavy (non-hydrogen) atoms. The van der Waals surface area contributed by atoms with E-state index in [1.165, 1.54) is 0 Å². The minimum atomic E-state index is -0.967. The molecule has 1 aliphatic rings. The van der Waals surface area contributed by atoms with Crippen LogP contribution in [0.5, 0.6) is 5.75 Å². The van der Waals surface area contributed by atoms with Crippen molar-refractivity contribution in [2.24, 2.45) is 11.3 Å². The van der Waals surface area contributed by atoms with E-state index in [4.69, 9.17) is 27.9 Å². The number of methoxy groups -OCH3 is 1. The molecule has 3 nitrogen and oxygen atoms in total. The van der Waals surface area contributed by atoms with Gasteiger partial charge in [-0.1, -0.05) is 26.0 Å². The lowest BCUT2D eigenvalue weighted by molar-refractivity contribution is -0.127. The van der Waals surface area contributed by atoms with Crippen LogP contribution < -0.4 is 10.1 Å². The van der Waals surface area contributed by atoms with Gasteiger partial charge in [0.25, 0.3) is 0 Å². The van der Waals surface area contributed by atoms with Crippen molar-refractivity contribution < 1.29 is 9.53 Å². The molecule has 1 saturated carbocycles. The van der Waals surface area contributed by atoms with Crippen LogP contribution in [-0.2, 0) is 4.79 Å². The van der Waals surface area contributed by atoms with Gasteiger partial charge in [0, 0.05) is 5.92 Å². The van der Waals surface area contributed by atoms with Crippen LogP contribution in [0.3, 0.4) is 0 Å². The second-order valence-electron chi connectivity index (χ2n) is 5.64. The van der Waals surface area contributed by atoms with Crippen molar-refractivity contribution in [2.45, 2.75) is 37.6 Å². The Balaban J connectivity index is 2.09. The lowest BCUT2D eigenvalue weighted by atomic mass is 9.98. The monoisotopic (exact) mass is 329 g/mol. The summed E-state index contributed by atoms with van der Waals surface area (Å²) in [5, 5.41) is 3.02. The standard InChI is InChI=1S/C16H21Cl2NO2/c1-5-15(11(3)16(15,17)18)14(20)19-10(2)12-6-8-13(21-4)9-7-12/h6-11H,5H2,1-4H3,(H,19,20)/t10-,11?,15?/m1/s1. The zero-order valence-corrected chi connectivity index (χ0v) is 14.3. The number of rotatable bonds is 5. The number of hydrogen-bond donors (Lipinski definition) is 1. The Morgan fingerprint density at radius 2 is 1.90 bits per heavy atom. The van der Waals surface area contributed by atoms with Crippen molar-refractivity contribution in [1.29, 1.82) is 0 Å². The molecule has 0 saturated heterocycles. The number of benzene rings is 1. The summed E-state index contributed by atoms with van der Waals surface area (Å²) in [6.07, 6.45) is 0.627. The van der Waals surface area contributed by atoms with Crippen molar-refractivity contribution in [2.75, 3.05) is 7.11 Å². The van der Waals surface area contributed by atoms with E-state index in [0.29, 0.717) is 6.42 Å². The average Bonchev–Trinajstić information content (AvgIpc) is 2.92. The molecule has 1 aliphatic carbocycles. The predicted octanol–water partition coefficient (Wildman–Crippen LogP) is 4.09. The molecule has 0 spiro atoms.